The number of pyridine rings is 1. The van der Waals surface area contributed by atoms with Gasteiger partial charge in [-0.25, -0.2) is 13.4 Å². The Labute approximate surface area is 118 Å². The maximum Gasteiger partial charge on any atom is 0.253 e. The smallest absolute Gasteiger partial charge is 0.253 e. The van der Waals surface area contributed by atoms with Crippen molar-refractivity contribution in [3.05, 3.63) is 23.9 Å². The summed E-state index contributed by atoms with van der Waals surface area (Å²) >= 11 is 0. The molecule has 0 aromatic carbocycles. The Morgan fingerprint density at radius 1 is 1.50 bits per heavy atom. The molecular formula is C13H18N2O4S. The highest BCUT2D eigenvalue weighted by atomic mass is 32.2. The van der Waals surface area contributed by atoms with Crippen LogP contribution in [0.4, 0.5) is 0 Å². The quantitative estimate of drug-likeness (QED) is 0.888. The lowest BCUT2D eigenvalue weighted by molar-refractivity contribution is 0.0915. The van der Waals surface area contributed by atoms with Crippen molar-refractivity contribution in [2.75, 3.05) is 18.1 Å². The number of ether oxygens (including phenoxy) is 1. The number of aromatic nitrogens is 1. The average molecular weight is 298 g/mol. The van der Waals surface area contributed by atoms with Gasteiger partial charge in [-0.05, 0) is 26.3 Å². The molecule has 6 nitrogen and oxygen atoms in total. The lowest BCUT2D eigenvalue weighted by Crippen LogP contribution is -2.46. The first-order valence-corrected chi connectivity index (χ1v) is 8.27. The summed E-state index contributed by atoms with van der Waals surface area (Å²) < 4.78 is 28.2. The van der Waals surface area contributed by atoms with Crippen LogP contribution >= 0.6 is 0 Å². The topological polar surface area (TPSA) is 85.4 Å². The Kier molecular flexibility index (Phi) is 3.99. The number of nitrogens with zero attached hydrogens (tertiary/aromatic N) is 1. The maximum absolute atomic E-state index is 12.1. The van der Waals surface area contributed by atoms with E-state index in [1.54, 1.807) is 19.1 Å². The molecule has 1 amide bonds. The largest absolute Gasteiger partial charge is 0.478 e. The van der Waals surface area contributed by atoms with Gasteiger partial charge in [0.2, 0.25) is 5.88 Å². The first-order chi connectivity index (χ1) is 9.34. The van der Waals surface area contributed by atoms with Crippen molar-refractivity contribution >= 4 is 15.7 Å². The molecule has 1 aromatic rings. The second kappa shape index (κ2) is 5.40. The minimum absolute atomic E-state index is 0.0177. The lowest BCUT2D eigenvalue weighted by atomic mass is 10.0. The van der Waals surface area contributed by atoms with E-state index < -0.39 is 15.4 Å². The first-order valence-electron chi connectivity index (χ1n) is 6.45. The van der Waals surface area contributed by atoms with Gasteiger partial charge in [-0.1, -0.05) is 0 Å². The Hall–Kier alpha value is -1.63. The van der Waals surface area contributed by atoms with E-state index >= 15 is 0 Å². The van der Waals surface area contributed by atoms with E-state index in [-0.39, 0.29) is 17.4 Å². The van der Waals surface area contributed by atoms with Gasteiger partial charge in [0.15, 0.2) is 9.84 Å². The van der Waals surface area contributed by atoms with Crippen molar-refractivity contribution in [2.45, 2.75) is 25.8 Å². The predicted octanol–water partition coefficient (Wildman–Crippen LogP) is 0.787. The number of hydrogen-bond acceptors (Lipinski definition) is 5. The number of carbonyl (C=O) groups is 1. The van der Waals surface area contributed by atoms with Gasteiger partial charge < -0.3 is 10.1 Å². The van der Waals surface area contributed by atoms with E-state index in [0.29, 0.717) is 24.5 Å². The molecule has 0 aliphatic carbocycles. The van der Waals surface area contributed by atoms with E-state index in [9.17, 15) is 13.2 Å². The SMILES string of the molecule is CCOc1ccc(C(=O)N[C@]2(C)CCS(=O)(=O)C2)cn1. The molecule has 1 atom stereocenters. The molecule has 0 spiro atoms. The molecule has 0 saturated carbocycles. The van der Waals surface area contributed by atoms with E-state index in [0.717, 1.165) is 0 Å². The highest BCUT2D eigenvalue weighted by molar-refractivity contribution is 7.91. The standard InChI is InChI=1S/C13H18N2O4S/c1-3-19-11-5-4-10(8-14-11)12(16)15-13(2)6-7-20(17,18)9-13/h4-5,8H,3,6-7,9H2,1-2H3,(H,15,16)/t13-/m1/s1. The summed E-state index contributed by atoms with van der Waals surface area (Å²) in [6.45, 7) is 4.11. The zero-order valence-electron chi connectivity index (χ0n) is 11.5. The molecule has 0 unspecified atom stereocenters. The second-order valence-corrected chi connectivity index (χ2v) is 7.36. The van der Waals surface area contributed by atoms with Gasteiger partial charge in [-0.2, -0.15) is 0 Å². The summed E-state index contributed by atoms with van der Waals surface area (Å²) in [5, 5.41) is 2.78. The van der Waals surface area contributed by atoms with Gasteiger partial charge >= 0.3 is 0 Å². The minimum Gasteiger partial charge on any atom is -0.478 e. The van der Waals surface area contributed by atoms with Gasteiger partial charge in [0.25, 0.3) is 5.91 Å². The van der Waals surface area contributed by atoms with E-state index in [4.69, 9.17) is 4.74 Å². The van der Waals surface area contributed by atoms with Crippen LogP contribution in [-0.4, -0.2) is 43.0 Å². The molecule has 1 aromatic heterocycles. The molecule has 7 heteroatoms. The summed E-state index contributed by atoms with van der Waals surface area (Å²) in [6.07, 6.45) is 1.86. The molecule has 1 fully saturated rings. The Bertz CT molecular complexity index is 597. The van der Waals surface area contributed by atoms with Crippen LogP contribution in [0.1, 0.15) is 30.6 Å². The number of carbonyl (C=O) groups excluding carboxylic acids is 1. The summed E-state index contributed by atoms with van der Waals surface area (Å²) in [6, 6.07) is 3.23. The average Bonchev–Trinajstić information content (AvgIpc) is 2.64. The number of amides is 1. The summed E-state index contributed by atoms with van der Waals surface area (Å²) in [7, 11) is -3.05. The van der Waals surface area contributed by atoms with Gasteiger partial charge in [0.05, 0.1) is 29.2 Å². The third-order valence-electron chi connectivity index (χ3n) is 3.21. The zero-order valence-corrected chi connectivity index (χ0v) is 12.4. The van der Waals surface area contributed by atoms with Gasteiger partial charge in [-0.3, -0.25) is 4.79 Å². The minimum atomic E-state index is -3.05. The lowest BCUT2D eigenvalue weighted by Gasteiger charge is -2.23. The summed E-state index contributed by atoms with van der Waals surface area (Å²) in [4.78, 5) is 16.1. The van der Waals surface area contributed by atoms with Crippen molar-refractivity contribution in [1.82, 2.24) is 10.3 Å². The fourth-order valence-electron chi connectivity index (χ4n) is 2.20. The molecule has 1 saturated heterocycles. The molecule has 0 radical (unpaired) electrons. The third kappa shape index (κ3) is 3.47. The fraction of sp³-hybridized carbons (Fsp3) is 0.538. The summed E-state index contributed by atoms with van der Waals surface area (Å²) in [5.41, 5.74) is -0.312. The van der Waals surface area contributed by atoms with Crippen LogP contribution in [0.5, 0.6) is 5.88 Å². The highest BCUT2D eigenvalue weighted by Gasteiger charge is 2.39. The molecule has 2 rings (SSSR count). The Morgan fingerprint density at radius 3 is 2.75 bits per heavy atom. The normalized spacial score (nSPS) is 24.3. The Morgan fingerprint density at radius 2 is 2.25 bits per heavy atom. The molecule has 2 heterocycles. The molecule has 1 aliphatic rings. The third-order valence-corrected chi connectivity index (χ3v) is 5.11. The van der Waals surface area contributed by atoms with Gasteiger partial charge in [-0.15, -0.1) is 0 Å². The number of hydrogen-bond donors (Lipinski definition) is 1. The van der Waals surface area contributed by atoms with Crippen molar-refractivity contribution in [2.24, 2.45) is 0 Å². The van der Waals surface area contributed by atoms with Gasteiger partial charge in [0.1, 0.15) is 0 Å². The zero-order chi connectivity index (χ0) is 14.8. The number of nitrogens with one attached hydrogen (secondary N) is 1. The summed E-state index contributed by atoms with van der Waals surface area (Å²) in [5.74, 6) is 0.237. The maximum atomic E-state index is 12.1. The van der Waals surface area contributed by atoms with Gasteiger partial charge in [0, 0.05) is 12.3 Å². The number of sulfone groups is 1. The number of rotatable bonds is 4. The monoisotopic (exact) mass is 298 g/mol. The van der Waals surface area contributed by atoms with Crippen molar-refractivity contribution < 1.29 is 17.9 Å². The molecular weight excluding hydrogens is 280 g/mol. The molecule has 110 valence electrons. The van der Waals surface area contributed by atoms with Crippen LogP contribution < -0.4 is 10.1 Å². The van der Waals surface area contributed by atoms with E-state index in [1.807, 2.05) is 6.92 Å². The second-order valence-electron chi connectivity index (χ2n) is 5.17. The van der Waals surface area contributed by atoms with Crippen LogP contribution in [-0.2, 0) is 9.84 Å². The highest BCUT2D eigenvalue weighted by Crippen LogP contribution is 2.23. The van der Waals surface area contributed by atoms with Crippen LogP contribution in [0, 0.1) is 0 Å². The molecule has 20 heavy (non-hydrogen) atoms. The van der Waals surface area contributed by atoms with Crippen molar-refractivity contribution in [1.29, 1.82) is 0 Å². The van der Waals surface area contributed by atoms with Crippen molar-refractivity contribution in [3.63, 3.8) is 0 Å². The van der Waals surface area contributed by atoms with E-state index in [2.05, 4.69) is 10.3 Å². The Balaban J connectivity index is 2.05. The molecule has 1 aliphatic heterocycles. The van der Waals surface area contributed by atoms with Crippen LogP contribution in [0.25, 0.3) is 0 Å². The van der Waals surface area contributed by atoms with Crippen molar-refractivity contribution in [3.8, 4) is 5.88 Å². The van der Waals surface area contributed by atoms with E-state index in [1.165, 1.54) is 6.20 Å². The molecule has 0 bridgehead atoms. The van der Waals surface area contributed by atoms with Crippen LogP contribution in [0.2, 0.25) is 0 Å². The predicted molar refractivity (Wildman–Crippen MR) is 74.5 cm³/mol. The first kappa shape index (κ1) is 14.8. The fourth-order valence-corrected chi connectivity index (χ4v) is 4.30. The van der Waals surface area contributed by atoms with Crippen LogP contribution in [0.15, 0.2) is 18.3 Å². The molecule has 1 N–H and O–H groups in total. The van der Waals surface area contributed by atoms with Crippen LogP contribution in [0.3, 0.4) is 0 Å².